The summed E-state index contributed by atoms with van der Waals surface area (Å²) in [5, 5.41) is 0. The Morgan fingerprint density at radius 3 is 2.00 bits per heavy atom. The zero-order valence-electron chi connectivity index (χ0n) is 17.0. The number of methoxy groups -OCH3 is 1. The molecule has 0 aliphatic rings. The van der Waals surface area contributed by atoms with E-state index in [1.807, 2.05) is 0 Å². The fourth-order valence-electron chi connectivity index (χ4n) is 2.77. The molecule has 0 saturated heterocycles. The number of anilines is 1. The van der Waals surface area contributed by atoms with Crippen molar-refractivity contribution in [1.82, 2.24) is 0 Å². The van der Waals surface area contributed by atoms with Crippen molar-refractivity contribution in [3.8, 4) is 5.75 Å². The molecule has 7 nitrogen and oxygen atoms in total. The highest BCUT2D eigenvalue weighted by atomic mass is 32.2. The van der Waals surface area contributed by atoms with Gasteiger partial charge in [-0.2, -0.15) is 0 Å². The van der Waals surface area contributed by atoms with E-state index < -0.39 is 22.6 Å². The van der Waals surface area contributed by atoms with Gasteiger partial charge in [0, 0.05) is 12.6 Å². The van der Waals surface area contributed by atoms with Crippen molar-refractivity contribution in [2.24, 2.45) is 0 Å². The predicted octanol–water partition coefficient (Wildman–Crippen LogP) is 3.56. The average Bonchev–Trinajstić information content (AvgIpc) is 2.82. The van der Waals surface area contributed by atoms with Crippen LogP contribution in [0.15, 0.2) is 83.8 Å². The smallest absolute Gasteiger partial charge is 0.338 e. The van der Waals surface area contributed by atoms with Crippen molar-refractivity contribution in [3.05, 3.63) is 90.0 Å². The molecule has 3 aromatic carbocycles. The third-order valence-electron chi connectivity index (χ3n) is 4.61. The van der Waals surface area contributed by atoms with Crippen LogP contribution in [0.5, 0.6) is 5.75 Å². The number of hydrogen-bond donors (Lipinski definition) is 0. The van der Waals surface area contributed by atoms with Crippen molar-refractivity contribution in [3.63, 3.8) is 0 Å². The standard InChI is InChI=1S/C23H21NO6S/c1-24(19-6-4-3-5-7-19)31(27,28)21-14-10-18(11-15-21)23(26)30-16-22(25)17-8-12-20(29-2)13-9-17/h3-15H,16H2,1-2H3. The van der Waals surface area contributed by atoms with Gasteiger partial charge >= 0.3 is 5.97 Å². The number of hydrogen-bond acceptors (Lipinski definition) is 6. The Kier molecular flexibility index (Phi) is 6.71. The summed E-state index contributed by atoms with van der Waals surface area (Å²) >= 11 is 0. The topological polar surface area (TPSA) is 90.0 Å². The number of benzene rings is 3. The molecule has 0 bridgehead atoms. The van der Waals surface area contributed by atoms with Crippen molar-refractivity contribution in [1.29, 1.82) is 0 Å². The zero-order valence-corrected chi connectivity index (χ0v) is 17.8. The number of para-hydroxylation sites is 1. The highest BCUT2D eigenvalue weighted by Crippen LogP contribution is 2.22. The molecule has 0 radical (unpaired) electrons. The highest BCUT2D eigenvalue weighted by Gasteiger charge is 2.22. The van der Waals surface area contributed by atoms with Crippen LogP contribution in [0.2, 0.25) is 0 Å². The molecular weight excluding hydrogens is 418 g/mol. The Morgan fingerprint density at radius 2 is 1.42 bits per heavy atom. The summed E-state index contributed by atoms with van der Waals surface area (Å²) in [7, 11) is -0.807. The van der Waals surface area contributed by atoms with Gasteiger partial charge in [0.05, 0.1) is 23.3 Å². The number of ether oxygens (including phenoxy) is 2. The van der Waals surface area contributed by atoms with Gasteiger partial charge < -0.3 is 9.47 Å². The largest absolute Gasteiger partial charge is 0.497 e. The van der Waals surface area contributed by atoms with E-state index in [9.17, 15) is 18.0 Å². The Morgan fingerprint density at radius 1 is 0.839 bits per heavy atom. The maximum absolute atomic E-state index is 12.8. The first-order valence-electron chi connectivity index (χ1n) is 9.31. The van der Waals surface area contributed by atoms with Gasteiger partial charge in [-0.05, 0) is 60.7 Å². The first kappa shape index (κ1) is 22.0. The zero-order chi connectivity index (χ0) is 22.4. The van der Waals surface area contributed by atoms with E-state index in [4.69, 9.17) is 9.47 Å². The number of carbonyl (C=O) groups excluding carboxylic acids is 2. The molecule has 0 aliphatic carbocycles. The summed E-state index contributed by atoms with van der Waals surface area (Å²) < 4.78 is 36.8. The van der Waals surface area contributed by atoms with Crippen molar-refractivity contribution >= 4 is 27.5 Å². The lowest BCUT2D eigenvalue weighted by Gasteiger charge is -2.19. The third-order valence-corrected chi connectivity index (χ3v) is 6.41. The lowest BCUT2D eigenvalue weighted by atomic mass is 10.1. The molecule has 0 amide bonds. The summed E-state index contributed by atoms with van der Waals surface area (Å²) in [5.41, 5.74) is 1.05. The Balaban J connectivity index is 1.65. The third kappa shape index (κ3) is 5.10. The highest BCUT2D eigenvalue weighted by molar-refractivity contribution is 7.92. The van der Waals surface area contributed by atoms with Gasteiger partial charge in [-0.25, -0.2) is 13.2 Å². The number of Topliss-reactive ketones (excluding diaryl/α,β-unsaturated/α-hetero) is 1. The van der Waals surface area contributed by atoms with Crippen LogP contribution in [-0.2, 0) is 14.8 Å². The van der Waals surface area contributed by atoms with Crippen LogP contribution in [0.1, 0.15) is 20.7 Å². The lowest BCUT2D eigenvalue weighted by molar-refractivity contribution is 0.0474. The van der Waals surface area contributed by atoms with Crippen LogP contribution in [0.4, 0.5) is 5.69 Å². The molecule has 3 rings (SSSR count). The first-order valence-corrected chi connectivity index (χ1v) is 10.8. The van der Waals surface area contributed by atoms with Gasteiger partial charge in [0.15, 0.2) is 12.4 Å². The molecule has 0 saturated carbocycles. The van der Waals surface area contributed by atoms with Crippen LogP contribution < -0.4 is 9.04 Å². The van der Waals surface area contributed by atoms with Crippen LogP contribution in [0.3, 0.4) is 0 Å². The number of ketones is 1. The number of carbonyl (C=O) groups is 2. The Labute approximate surface area is 180 Å². The number of esters is 1. The first-order chi connectivity index (χ1) is 14.8. The van der Waals surface area contributed by atoms with Gasteiger partial charge in [-0.3, -0.25) is 9.10 Å². The normalized spacial score (nSPS) is 10.9. The number of sulfonamides is 1. The second kappa shape index (κ2) is 9.44. The summed E-state index contributed by atoms with van der Waals surface area (Å²) in [6.07, 6.45) is 0. The molecule has 31 heavy (non-hydrogen) atoms. The van der Waals surface area contributed by atoms with E-state index in [1.165, 1.54) is 38.4 Å². The predicted molar refractivity (Wildman–Crippen MR) is 116 cm³/mol. The van der Waals surface area contributed by atoms with Crippen LogP contribution in [-0.4, -0.2) is 40.9 Å². The van der Waals surface area contributed by atoms with Crippen LogP contribution >= 0.6 is 0 Å². The molecular formula is C23H21NO6S. The molecule has 0 N–H and O–H groups in total. The maximum Gasteiger partial charge on any atom is 0.338 e. The molecule has 0 fully saturated rings. The van der Waals surface area contributed by atoms with Crippen molar-refractivity contribution in [2.75, 3.05) is 25.1 Å². The van der Waals surface area contributed by atoms with E-state index in [1.54, 1.807) is 54.6 Å². The second-order valence-electron chi connectivity index (χ2n) is 6.56. The summed E-state index contributed by atoms with van der Waals surface area (Å²) in [6.45, 7) is -0.429. The van der Waals surface area contributed by atoms with E-state index >= 15 is 0 Å². The fourth-order valence-corrected chi connectivity index (χ4v) is 3.97. The van der Waals surface area contributed by atoms with Gasteiger partial charge in [-0.1, -0.05) is 18.2 Å². The lowest BCUT2D eigenvalue weighted by Crippen LogP contribution is -2.26. The Hall–Kier alpha value is -3.65. The van der Waals surface area contributed by atoms with Crippen LogP contribution in [0.25, 0.3) is 0 Å². The van der Waals surface area contributed by atoms with Gasteiger partial charge in [-0.15, -0.1) is 0 Å². The van der Waals surface area contributed by atoms with E-state index in [0.29, 0.717) is 17.0 Å². The summed E-state index contributed by atoms with van der Waals surface area (Å²) in [5.74, 6) is -0.469. The number of rotatable bonds is 8. The molecule has 0 atom stereocenters. The van der Waals surface area contributed by atoms with E-state index in [-0.39, 0.29) is 16.2 Å². The molecule has 0 unspecified atom stereocenters. The minimum Gasteiger partial charge on any atom is -0.497 e. The molecule has 0 spiro atoms. The minimum absolute atomic E-state index is 0.0321. The molecule has 0 aliphatic heterocycles. The molecule has 160 valence electrons. The van der Waals surface area contributed by atoms with E-state index in [2.05, 4.69) is 0 Å². The average molecular weight is 439 g/mol. The van der Waals surface area contributed by atoms with Gasteiger partial charge in [0.1, 0.15) is 5.75 Å². The Bertz CT molecular complexity index is 1160. The monoisotopic (exact) mass is 439 g/mol. The van der Waals surface area contributed by atoms with Gasteiger partial charge in [0.2, 0.25) is 0 Å². The molecule has 0 heterocycles. The van der Waals surface area contributed by atoms with Crippen molar-refractivity contribution < 1.29 is 27.5 Å². The maximum atomic E-state index is 12.8. The number of nitrogens with zero attached hydrogens (tertiary/aromatic N) is 1. The van der Waals surface area contributed by atoms with Crippen LogP contribution in [0, 0.1) is 0 Å². The fraction of sp³-hybridized carbons (Fsp3) is 0.130. The summed E-state index contributed by atoms with van der Waals surface area (Å²) in [4.78, 5) is 24.4. The SMILES string of the molecule is COc1ccc(C(=O)COC(=O)c2ccc(S(=O)(=O)N(C)c3ccccc3)cc2)cc1. The van der Waals surface area contributed by atoms with E-state index in [0.717, 1.165) is 4.31 Å². The molecule has 3 aromatic rings. The summed E-state index contributed by atoms with van der Waals surface area (Å²) in [6, 6.07) is 20.5. The quantitative estimate of drug-likeness (QED) is 0.394. The molecule has 0 aromatic heterocycles. The second-order valence-corrected chi connectivity index (χ2v) is 8.53. The van der Waals surface area contributed by atoms with Gasteiger partial charge in [0.25, 0.3) is 10.0 Å². The molecule has 8 heteroatoms. The minimum atomic E-state index is -3.79. The van der Waals surface area contributed by atoms with Crippen molar-refractivity contribution in [2.45, 2.75) is 4.90 Å².